The minimum atomic E-state index is -0.701. The first-order valence-corrected chi connectivity index (χ1v) is 13.0. The van der Waals surface area contributed by atoms with Gasteiger partial charge in [0.05, 0.1) is 55.3 Å². The highest BCUT2D eigenvalue weighted by Crippen LogP contribution is 2.27. The highest BCUT2D eigenvalue weighted by molar-refractivity contribution is 6.32. The van der Waals surface area contributed by atoms with Gasteiger partial charge in [0, 0.05) is 44.7 Å². The number of fused-ring (bicyclic) bond motifs is 5. The molecule has 0 saturated carbocycles. The first kappa shape index (κ1) is 25.9. The Morgan fingerprint density at radius 1 is 1.16 bits per heavy atom. The fourth-order valence-electron chi connectivity index (χ4n) is 5.01. The number of benzene rings is 1. The Labute approximate surface area is 221 Å². The van der Waals surface area contributed by atoms with Crippen molar-refractivity contribution in [2.45, 2.75) is 51.1 Å². The van der Waals surface area contributed by atoms with E-state index in [1.807, 2.05) is 20.0 Å². The summed E-state index contributed by atoms with van der Waals surface area (Å²) in [5.41, 5.74) is 0.415. The first-order valence-electron chi connectivity index (χ1n) is 12.7. The zero-order valence-corrected chi connectivity index (χ0v) is 21.9. The van der Waals surface area contributed by atoms with Crippen molar-refractivity contribution < 1.29 is 23.8 Å². The number of amides is 2. The van der Waals surface area contributed by atoms with Crippen LogP contribution < -0.4 is 10.1 Å². The van der Waals surface area contributed by atoms with Crippen LogP contribution in [0.25, 0.3) is 0 Å². The summed E-state index contributed by atoms with van der Waals surface area (Å²) in [6.07, 6.45) is 2.12. The van der Waals surface area contributed by atoms with Crippen LogP contribution in [0, 0.1) is 0 Å². The number of ether oxygens (including phenoxy) is 3. The zero-order valence-electron chi connectivity index (χ0n) is 21.2. The number of nitrogens with one attached hydrogen (secondary N) is 1. The van der Waals surface area contributed by atoms with Crippen molar-refractivity contribution in [1.82, 2.24) is 30.1 Å². The van der Waals surface area contributed by atoms with Crippen molar-refractivity contribution in [3.05, 3.63) is 40.7 Å². The fourth-order valence-corrected chi connectivity index (χ4v) is 5.19. The van der Waals surface area contributed by atoms with Crippen LogP contribution in [0.15, 0.2) is 24.4 Å². The summed E-state index contributed by atoms with van der Waals surface area (Å²) in [5, 5.41) is 11.9. The van der Waals surface area contributed by atoms with Gasteiger partial charge < -0.3 is 24.4 Å². The summed E-state index contributed by atoms with van der Waals surface area (Å²) < 4.78 is 19.3. The summed E-state index contributed by atoms with van der Waals surface area (Å²) in [4.78, 5) is 30.8. The summed E-state index contributed by atoms with van der Waals surface area (Å²) in [7, 11) is 0. The molecule has 0 aliphatic carbocycles. The number of hydrogen-bond acceptors (Lipinski definition) is 8. The highest BCUT2D eigenvalue weighted by atomic mass is 35.5. The topological polar surface area (TPSA) is 111 Å². The maximum atomic E-state index is 13.7. The Bertz CT molecular complexity index is 1130. The van der Waals surface area contributed by atoms with E-state index in [1.165, 1.54) is 0 Å². The Hall–Kier alpha value is -2.73. The molecule has 3 aliphatic heterocycles. The van der Waals surface area contributed by atoms with Crippen LogP contribution in [0.2, 0.25) is 5.02 Å². The molecular formula is C25H33ClN6O5. The van der Waals surface area contributed by atoms with Gasteiger partial charge in [-0.1, -0.05) is 16.8 Å². The number of halogens is 1. The molecule has 2 amide bonds. The SMILES string of the molecule is CC(C)(C(=O)N1C[C@@H]2NC(=O)c3ccc(Cl)c(c3)OCCCn3cc(nn3)CO[C@H]2C1)N1CCOCC1. The Balaban J connectivity index is 1.37. The van der Waals surface area contributed by atoms with Crippen LogP contribution in [0.1, 0.15) is 36.3 Å². The van der Waals surface area contributed by atoms with Crippen molar-refractivity contribution >= 4 is 23.4 Å². The predicted molar refractivity (Wildman–Crippen MR) is 134 cm³/mol. The lowest BCUT2D eigenvalue weighted by Crippen LogP contribution is -2.58. The molecule has 37 heavy (non-hydrogen) atoms. The van der Waals surface area contributed by atoms with Gasteiger partial charge in [-0.05, 0) is 32.0 Å². The standard InChI is InChI=1S/C25H33ClN6O5/c1-25(2,31-7-10-35-11-8-31)24(34)30-14-20-22(15-30)37-16-18-13-32(29-28-18)6-3-9-36-21-12-17(23(33)27-20)4-5-19(21)26/h4-5,12-13,20,22H,3,6-11,14-16H2,1-2H3,(H,27,33)/t20-,22-/m0/s1. The number of nitrogens with zero attached hydrogens (tertiary/aromatic N) is 5. The lowest BCUT2D eigenvalue weighted by Gasteiger charge is -2.41. The summed E-state index contributed by atoms with van der Waals surface area (Å²) >= 11 is 6.30. The molecule has 12 heteroatoms. The first-order chi connectivity index (χ1) is 17.8. The minimum Gasteiger partial charge on any atom is -0.492 e. The van der Waals surface area contributed by atoms with Gasteiger partial charge in [-0.2, -0.15) is 0 Å². The summed E-state index contributed by atoms with van der Waals surface area (Å²) in [5.74, 6) is 0.169. The molecule has 2 atom stereocenters. The minimum absolute atomic E-state index is 0.00114. The third-order valence-corrected chi connectivity index (χ3v) is 7.52. The summed E-state index contributed by atoms with van der Waals surface area (Å²) in [6, 6.07) is 4.56. The second-order valence-electron chi connectivity index (χ2n) is 10.1. The molecule has 0 radical (unpaired) electrons. The molecule has 0 spiro atoms. The quantitative estimate of drug-likeness (QED) is 0.617. The second kappa shape index (κ2) is 10.9. The van der Waals surface area contributed by atoms with Gasteiger partial charge >= 0.3 is 0 Å². The molecular weight excluding hydrogens is 500 g/mol. The number of likely N-dealkylation sites (tertiary alicyclic amines) is 1. The molecule has 0 unspecified atom stereocenters. The van der Waals surface area contributed by atoms with Crippen LogP contribution >= 0.6 is 11.6 Å². The molecule has 11 nitrogen and oxygen atoms in total. The average Bonchev–Trinajstić information content (AvgIpc) is 3.52. The number of carbonyl (C=O) groups is 2. The van der Waals surface area contributed by atoms with Crippen LogP contribution in [0.3, 0.4) is 0 Å². The van der Waals surface area contributed by atoms with E-state index in [0.717, 1.165) is 0 Å². The van der Waals surface area contributed by atoms with E-state index in [1.54, 1.807) is 27.8 Å². The molecule has 4 bridgehead atoms. The molecule has 2 saturated heterocycles. The lowest BCUT2D eigenvalue weighted by atomic mass is 10.00. The molecule has 1 aromatic carbocycles. The van der Waals surface area contributed by atoms with Gasteiger partial charge in [0.2, 0.25) is 5.91 Å². The number of aromatic nitrogens is 3. The van der Waals surface area contributed by atoms with Gasteiger partial charge in [0.25, 0.3) is 5.91 Å². The second-order valence-corrected chi connectivity index (χ2v) is 10.5. The number of hydrogen-bond donors (Lipinski definition) is 1. The van der Waals surface area contributed by atoms with E-state index in [-0.39, 0.29) is 18.4 Å². The molecule has 2 aromatic rings. The van der Waals surface area contributed by atoms with Gasteiger partial charge in [-0.3, -0.25) is 19.2 Å². The molecule has 2 fully saturated rings. The zero-order chi connectivity index (χ0) is 26.0. The largest absolute Gasteiger partial charge is 0.492 e. The predicted octanol–water partition coefficient (Wildman–Crippen LogP) is 1.35. The van der Waals surface area contributed by atoms with Gasteiger partial charge in [0.1, 0.15) is 11.4 Å². The van der Waals surface area contributed by atoms with E-state index in [0.29, 0.717) is 81.0 Å². The molecule has 3 aliphatic rings. The van der Waals surface area contributed by atoms with Crippen LogP contribution in [0.4, 0.5) is 0 Å². The molecule has 4 heterocycles. The normalized spacial score (nSPS) is 23.8. The fraction of sp³-hybridized carbons (Fsp3) is 0.600. The van der Waals surface area contributed by atoms with E-state index < -0.39 is 17.7 Å². The smallest absolute Gasteiger partial charge is 0.251 e. The Morgan fingerprint density at radius 3 is 2.78 bits per heavy atom. The number of morpholine rings is 1. The van der Waals surface area contributed by atoms with E-state index in [4.69, 9.17) is 25.8 Å². The average molecular weight is 533 g/mol. The van der Waals surface area contributed by atoms with Crippen LogP contribution in [-0.2, 0) is 27.4 Å². The third kappa shape index (κ3) is 5.74. The molecule has 200 valence electrons. The molecule has 1 aromatic heterocycles. The summed E-state index contributed by atoms with van der Waals surface area (Å²) in [6.45, 7) is 8.46. The van der Waals surface area contributed by atoms with Gasteiger partial charge in [-0.25, -0.2) is 0 Å². The third-order valence-electron chi connectivity index (χ3n) is 7.21. The Morgan fingerprint density at radius 2 is 1.97 bits per heavy atom. The van der Waals surface area contributed by atoms with Crippen LogP contribution in [-0.4, -0.2) is 100 Å². The van der Waals surface area contributed by atoms with E-state index in [9.17, 15) is 9.59 Å². The Kier molecular flexibility index (Phi) is 7.66. The maximum absolute atomic E-state index is 13.7. The number of rotatable bonds is 2. The highest BCUT2D eigenvalue weighted by Gasteiger charge is 2.44. The molecule has 5 rings (SSSR count). The maximum Gasteiger partial charge on any atom is 0.251 e. The van der Waals surface area contributed by atoms with Gasteiger partial charge in [0.15, 0.2) is 0 Å². The molecule has 1 N–H and O–H groups in total. The monoisotopic (exact) mass is 532 g/mol. The van der Waals surface area contributed by atoms with Crippen molar-refractivity contribution in [3.8, 4) is 5.75 Å². The van der Waals surface area contributed by atoms with Crippen LogP contribution in [0.5, 0.6) is 5.75 Å². The lowest BCUT2D eigenvalue weighted by molar-refractivity contribution is -0.145. The number of carbonyl (C=O) groups excluding carboxylic acids is 2. The van der Waals surface area contributed by atoms with E-state index in [2.05, 4.69) is 20.5 Å². The van der Waals surface area contributed by atoms with Crippen molar-refractivity contribution in [2.75, 3.05) is 46.0 Å². The van der Waals surface area contributed by atoms with Gasteiger partial charge in [-0.15, -0.1) is 5.10 Å². The van der Waals surface area contributed by atoms with Crippen molar-refractivity contribution in [2.24, 2.45) is 0 Å². The number of aryl methyl sites for hydroxylation is 1. The van der Waals surface area contributed by atoms with Crippen molar-refractivity contribution in [3.63, 3.8) is 0 Å². The van der Waals surface area contributed by atoms with Crippen molar-refractivity contribution in [1.29, 1.82) is 0 Å². The van der Waals surface area contributed by atoms with E-state index >= 15 is 0 Å².